The number of likely N-dealkylation sites (tertiary alicyclic amines) is 1. The van der Waals surface area contributed by atoms with Crippen LogP contribution < -0.4 is 4.74 Å². The van der Waals surface area contributed by atoms with Crippen LogP contribution in [0.1, 0.15) is 39.0 Å². The summed E-state index contributed by atoms with van der Waals surface area (Å²) < 4.78 is 5.54. The maximum Gasteiger partial charge on any atom is 0.224 e. The zero-order chi connectivity index (χ0) is 18.8. The molecule has 2 rings (SSSR count). The summed E-state index contributed by atoms with van der Waals surface area (Å²) in [5.41, 5.74) is 0. The van der Waals surface area contributed by atoms with E-state index in [0.717, 1.165) is 25.8 Å². The van der Waals surface area contributed by atoms with Crippen molar-refractivity contribution in [2.24, 2.45) is 0 Å². The zero-order valence-electron chi connectivity index (χ0n) is 15.6. The highest BCUT2D eigenvalue weighted by Gasteiger charge is 2.20. The van der Waals surface area contributed by atoms with Crippen molar-refractivity contribution in [2.75, 3.05) is 32.8 Å². The lowest BCUT2D eigenvalue weighted by Gasteiger charge is -2.26. The third kappa shape index (κ3) is 6.67. The summed E-state index contributed by atoms with van der Waals surface area (Å²) in [6, 6.07) is 9.29. The van der Waals surface area contributed by atoms with E-state index in [1.165, 1.54) is 0 Å². The molecule has 1 N–H and O–H groups in total. The van der Waals surface area contributed by atoms with Crippen molar-refractivity contribution in [1.29, 1.82) is 0 Å². The number of rotatable bonds is 9. The summed E-state index contributed by atoms with van der Waals surface area (Å²) >= 11 is 0. The molecule has 144 valence electrons. The fraction of sp³-hybridized carbons (Fsp3) is 0.600. The summed E-state index contributed by atoms with van der Waals surface area (Å²) in [6.45, 7) is 3.99. The van der Waals surface area contributed by atoms with E-state index >= 15 is 0 Å². The number of hydrogen-bond donors (Lipinski definition) is 1. The molecule has 1 aliphatic heterocycles. The van der Waals surface area contributed by atoms with E-state index in [1.54, 1.807) is 9.80 Å². The normalized spacial score (nSPS) is 16.1. The molecule has 1 aromatic rings. The maximum atomic E-state index is 12.5. The Morgan fingerprint density at radius 3 is 2.77 bits per heavy atom. The topological polar surface area (TPSA) is 70.1 Å². The second-order valence-corrected chi connectivity index (χ2v) is 6.65. The van der Waals surface area contributed by atoms with E-state index in [9.17, 15) is 14.7 Å². The lowest BCUT2D eigenvalue weighted by molar-refractivity contribution is -0.135. The van der Waals surface area contributed by atoms with Gasteiger partial charge in [-0.3, -0.25) is 9.59 Å². The van der Waals surface area contributed by atoms with Crippen LogP contribution in [0.25, 0.3) is 0 Å². The molecule has 1 saturated heterocycles. The molecule has 0 radical (unpaired) electrons. The van der Waals surface area contributed by atoms with Gasteiger partial charge in [0.05, 0.1) is 0 Å². The van der Waals surface area contributed by atoms with Crippen LogP contribution in [-0.4, -0.2) is 65.6 Å². The molecule has 0 aromatic heterocycles. The predicted molar refractivity (Wildman–Crippen MR) is 99.9 cm³/mol. The first kappa shape index (κ1) is 20.2. The summed E-state index contributed by atoms with van der Waals surface area (Å²) in [5, 5.41) is 10.2. The van der Waals surface area contributed by atoms with Crippen LogP contribution in [-0.2, 0) is 9.59 Å². The number of nitrogens with zero attached hydrogens (tertiary/aromatic N) is 2. The highest BCUT2D eigenvalue weighted by atomic mass is 16.5. The fourth-order valence-corrected chi connectivity index (χ4v) is 3.09. The Balaban J connectivity index is 1.75. The summed E-state index contributed by atoms with van der Waals surface area (Å²) in [5.74, 6) is 0.804. The molecule has 1 unspecified atom stereocenters. The van der Waals surface area contributed by atoms with Gasteiger partial charge in [-0.1, -0.05) is 24.6 Å². The van der Waals surface area contributed by atoms with E-state index < -0.39 is 6.10 Å². The monoisotopic (exact) mass is 362 g/mol. The molecule has 6 nitrogen and oxygen atoms in total. The Labute approximate surface area is 155 Å². The van der Waals surface area contributed by atoms with Crippen LogP contribution in [0.3, 0.4) is 0 Å². The van der Waals surface area contributed by atoms with Crippen LogP contribution in [0.15, 0.2) is 30.3 Å². The van der Waals surface area contributed by atoms with Crippen molar-refractivity contribution >= 4 is 11.8 Å². The Morgan fingerprint density at radius 2 is 2.04 bits per heavy atom. The second kappa shape index (κ2) is 10.8. The van der Waals surface area contributed by atoms with E-state index in [0.29, 0.717) is 31.7 Å². The molecule has 1 fully saturated rings. The second-order valence-electron chi connectivity index (χ2n) is 6.65. The Morgan fingerprint density at radius 1 is 1.27 bits per heavy atom. The number of ether oxygens (including phenoxy) is 1. The van der Waals surface area contributed by atoms with Gasteiger partial charge in [-0.05, 0) is 31.9 Å². The third-order valence-corrected chi connectivity index (χ3v) is 4.62. The summed E-state index contributed by atoms with van der Waals surface area (Å²) in [4.78, 5) is 27.9. The molecule has 0 bridgehead atoms. The molecule has 1 aliphatic rings. The van der Waals surface area contributed by atoms with E-state index in [2.05, 4.69) is 0 Å². The van der Waals surface area contributed by atoms with E-state index in [1.807, 2.05) is 37.3 Å². The standard InChI is InChI=1S/C20H30N2O4/c1-2-21(15-17(23)16-26-18-9-5-3-6-10-18)20(25)12-14-22-13-8-4-7-11-19(22)24/h3,5-6,9-10,17,23H,2,4,7-8,11-16H2,1H3. The molecule has 1 atom stereocenters. The molecule has 26 heavy (non-hydrogen) atoms. The molecule has 2 amide bonds. The van der Waals surface area contributed by atoms with Crippen molar-refractivity contribution < 1.29 is 19.4 Å². The van der Waals surface area contributed by atoms with Gasteiger partial charge < -0.3 is 19.6 Å². The van der Waals surface area contributed by atoms with E-state index in [4.69, 9.17) is 4.74 Å². The van der Waals surface area contributed by atoms with Crippen LogP contribution in [0.2, 0.25) is 0 Å². The highest BCUT2D eigenvalue weighted by Crippen LogP contribution is 2.12. The number of benzene rings is 1. The first-order chi connectivity index (χ1) is 12.6. The van der Waals surface area contributed by atoms with Crippen LogP contribution >= 0.6 is 0 Å². The Kier molecular flexibility index (Phi) is 8.41. The molecule has 6 heteroatoms. The third-order valence-electron chi connectivity index (χ3n) is 4.62. The number of aliphatic hydroxyl groups is 1. The minimum absolute atomic E-state index is 0.0386. The average molecular weight is 362 g/mol. The number of aliphatic hydroxyl groups excluding tert-OH is 1. The molecule has 0 aliphatic carbocycles. The van der Waals surface area contributed by atoms with Gasteiger partial charge in [-0.25, -0.2) is 0 Å². The largest absolute Gasteiger partial charge is 0.491 e. The van der Waals surface area contributed by atoms with Gasteiger partial charge in [0.25, 0.3) is 0 Å². The SMILES string of the molecule is CCN(CC(O)COc1ccccc1)C(=O)CCN1CCCCCC1=O. The molecular weight excluding hydrogens is 332 g/mol. The predicted octanol–water partition coefficient (Wildman–Crippen LogP) is 2.07. The van der Waals surface area contributed by atoms with Gasteiger partial charge in [0.2, 0.25) is 11.8 Å². The number of likely N-dealkylation sites (N-methyl/N-ethyl adjacent to an activating group) is 1. The lowest BCUT2D eigenvalue weighted by atomic mass is 10.2. The molecule has 1 aromatic carbocycles. The highest BCUT2D eigenvalue weighted by molar-refractivity contribution is 5.79. The Bertz CT molecular complexity index is 564. The summed E-state index contributed by atoms with van der Waals surface area (Å²) in [6.07, 6.45) is 3.15. The molecule has 1 heterocycles. The van der Waals surface area contributed by atoms with Crippen molar-refractivity contribution in [2.45, 2.75) is 45.1 Å². The summed E-state index contributed by atoms with van der Waals surface area (Å²) in [7, 11) is 0. The van der Waals surface area contributed by atoms with Crippen LogP contribution in [0, 0.1) is 0 Å². The maximum absolute atomic E-state index is 12.5. The minimum atomic E-state index is -0.751. The number of carbonyl (C=O) groups excluding carboxylic acids is 2. The van der Waals surface area contributed by atoms with Crippen molar-refractivity contribution in [3.8, 4) is 5.75 Å². The smallest absolute Gasteiger partial charge is 0.224 e. The first-order valence-corrected chi connectivity index (χ1v) is 9.51. The van der Waals surface area contributed by atoms with Gasteiger partial charge in [-0.2, -0.15) is 0 Å². The van der Waals surface area contributed by atoms with Gasteiger partial charge in [0, 0.05) is 39.0 Å². The number of carbonyl (C=O) groups is 2. The van der Waals surface area contributed by atoms with Crippen molar-refractivity contribution in [3.05, 3.63) is 30.3 Å². The van der Waals surface area contributed by atoms with Crippen molar-refractivity contribution in [3.63, 3.8) is 0 Å². The first-order valence-electron chi connectivity index (χ1n) is 9.51. The minimum Gasteiger partial charge on any atom is -0.491 e. The quantitative estimate of drug-likeness (QED) is 0.730. The average Bonchev–Trinajstić information content (AvgIpc) is 2.87. The number of hydrogen-bond acceptors (Lipinski definition) is 4. The van der Waals surface area contributed by atoms with Gasteiger partial charge in [0.1, 0.15) is 18.5 Å². The molecule has 0 saturated carbocycles. The lowest BCUT2D eigenvalue weighted by Crippen LogP contribution is -2.41. The zero-order valence-corrected chi connectivity index (χ0v) is 15.6. The van der Waals surface area contributed by atoms with Gasteiger partial charge in [-0.15, -0.1) is 0 Å². The van der Waals surface area contributed by atoms with Gasteiger partial charge >= 0.3 is 0 Å². The van der Waals surface area contributed by atoms with Crippen molar-refractivity contribution in [1.82, 2.24) is 9.80 Å². The Hall–Kier alpha value is -2.08. The van der Waals surface area contributed by atoms with Gasteiger partial charge in [0.15, 0.2) is 0 Å². The molecule has 0 spiro atoms. The van der Waals surface area contributed by atoms with Crippen LogP contribution in [0.5, 0.6) is 5.75 Å². The fourth-order valence-electron chi connectivity index (χ4n) is 3.09. The number of para-hydroxylation sites is 1. The van der Waals surface area contributed by atoms with E-state index in [-0.39, 0.29) is 25.0 Å². The number of amides is 2. The van der Waals surface area contributed by atoms with Crippen LogP contribution in [0.4, 0.5) is 0 Å². The molecular formula is C20H30N2O4.